The van der Waals surface area contributed by atoms with Crippen molar-refractivity contribution < 1.29 is 9.53 Å². The summed E-state index contributed by atoms with van der Waals surface area (Å²) in [6, 6.07) is 0.507. The third-order valence-corrected chi connectivity index (χ3v) is 4.50. The number of nitrogens with zero attached hydrogens (tertiary/aromatic N) is 2. The SMILES string of the molecule is CCCN(C)C(=O)CC(C)(C)OCCC(C)(C)N(C)C(C)C. The minimum Gasteiger partial charge on any atom is -0.375 e. The van der Waals surface area contributed by atoms with Crippen LogP contribution >= 0.6 is 0 Å². The van der Waals surface area contributed by atoms with E-state index in [2.05, 4.69) is 46.6 Å². The lowest BCUT2D eigenvalue weighted by Gasteiger charge is -2.39. The molecule has 0 saturated heterocycles. The van der Waals surface area contributed by atoms with Gasteiger partial charge in [-0.2, -0.15) is 0 Å². The molecule has 0 aromatic carbocycles. The van der Waals surface area contributed by atoms with Gasteiger partial charge < -0.3 is 9.64 Å². The van der Waals surface area contributed by atoms with Crippen molar-refractivity contribution in [3.63, 3.8) is 0 Å². The van der Waals surface area contributed by atoms with E-state index in [1.54, 1.807) is 4.90 Å². The molecule has 4 nitrogen and oxygen atoms in total. The van der Waals surface area contributed by atoms with Crippen molar-refractivity contribution in [2.45, 2.75) is 84.9 Å². The Morgan fingerprint density at radius 3 is 2.14 bits per heavy atom. The molecule has 0 rings (SSSR count). The van der Waals surface area contributed by atoms with Gasteiger partial charge in [0.25, 0.3) is 0 Å². The van der Waals surface area contributed by atoms with E-state index in [0.29, 0.717) is 19.1 Å². The third-order valence-electron chi connectivity index (χ3n) is 4.50. The van der Waals surface area contributed by atoms with Crippen LogP contribution < -0.4 is 0 Å². The highest BCUT2D eigenvalue weighted by molar-refractivity contribution is 5.76. The molecule has 0 aromatic rings. The Balaban J connectivity index is 4.36. The molecular formula is C18H38N2O2. The monoisotopic (exact) mass is 314 g/mol. The molecule has 0 aromatic heterocycles. The number of amides is 1. The Labute approximate surface area is 138 Å². The van der Waals surface area contributed by atoms with Gasteiger partial charge in [0, 0.05) is 31.8 Å². The molecule has 0 unspecified atom stereocenters. The van der Waals surface area contributed by atoms with Crippen molar-refractivity contribution >= 4 is 5.91 Å². The maximum Gasteiger partial charge on any atom is 0.225 e. The van der Waals surface area contributed by atoms with Gasteiger partial charge in [-0.3, -0.25) is 9.69 Å². The Kier molecular flexibility index (Phi) is 8.63. The molecule has 0 heterocycles. The van der Waals surface area contributed by atoms with Crippen LogP contribution in [0.5, 0.6) is 0 Å². The number of carbonyl (C=O) groups excluding carboxylic acids is 1. The highest BCUT2D eigenvalue weighted by atomic mass is 16.5. The van der Waals surface area contributed by atoms with Gasteiger partial charge in [0.1, 0.15) is 0 Å². The van der Waals surface area contributed by atoms with Crippen LogP contribution in [0.2, 0.25) is 0 Å². The van der Waals surface area contributed by atoms with Crippen LogP contribution in [-0.2, 0) is 9.53 Å². The van der Waals surface area contributed by atoms with Crippen molar-refractivity contribution in [3.8, 4) is 0 Å². The van der Waals surface area contributed by atoms with Gasteiger partial charge in [-0.1, -0.05) is 6.92 Å². The lowest BCUT2D eigenvalue weighted by molar-refractivity contribution is -0.136. The molecule has 0 N–H and O–H groups in total. The predicted molar refractivity (Wildman–Crippen MR) is 94.2 cm³/mol. The normalized spacial score (nSPS) is 13.0. The van der Waals surface area contributed by atoms with Crippen molar-refractivity contribution in [1.29, 1.82) is 0 Å². The van der Waals surface area contributed by atoms with Crippen molar-refractivity contribution in [3.05, 3.63) is 0 Å². The van der Waals surface area contributed by atoms with Crippen molar-refractivity contribution in [2.24, 2.45) is 0 Å². The first kappa shape index (κ1) is 21.4. The Bertz CT molecular complexity index is 338. The minimum atomic E-state index is -0.411. The summed E-state index contributed by atoms with van der Waals surface area (Å²) < 4.78 is 6.02. The van der Waals surface area contributed by atoms with E-state index in [4.69, 9.17) is 4.74 Å². The molecule has 0 atom stereocenters. The Morgan fingerprint density at radius 2 is 1.68 bits per heavy atom. The van der Waals surface area contributed by atoms with Crippen LogP contribution in [0.15, 0.2) is 0 Å². The van der Waals surface area contributed by atoms with Gasteiger partial charge in [0.2, 0.25) is 5.91 Å². The lowest BCUT2D eigenvalue weighted by Crippen LogP contribution is -2.46. The maximum absolute atomic E-state index is 12.1. The largest absolute Gasteiger partial charge is 0.375 e. The zero-order chi connectivity index (χ0) is 17.6. The second kappa shape index (κ2) is 8.88. The molecule has 0 aliphatic carbocycles. The van der Waals surface area contributed by atoms with Crippen LogP contribution in [0.3, 0.4) is 0 Å². The second-order valence-corrected chi connectivity index (χ2v) is 7.87. The summed E-state index contributed by atoms with van der Waals surface area (Å²) >= 11 is 0. The first-order chi connectivity index (χ1) is 9.93. The summed E-state index contributed by atoms with van der Waals surface area (Å²) in [5, 5.41) is 0. The summed E-state index contributed by atoms with van der Waals surface area (Å²) in [6.45, 7) is 16.5. The molecule has 132 valence electrons. The smallest absolute Gasteiger partial charge is 0.225 e. The van der Waals surface area contributed by atoms with E-state index in [-0.39, 0.29) is 11.4 Å². The first-order valence-electron chi connectivity index (χ1n) is 8.54. The van der Waals surface area contributed by atoms with Gasteiger partial charge in [0.15, 0.2) is 0 Å². The fraction of sp³-hybridized carbons (Fsp3) is 0.944. The summed E-state index contributed by atoms with van der Waals surface area (Å²) in [5.74, 6) is 0.158. The molecular weight excluding hydrogens is 276 g/mol. The van der Waals surface area contributed by atoms with E-state index in [1.807, 2.05) is 20.9 Å². The molecule has 0 aliphatic rings. The van der Waals surface area contributed by atoms with Gasteiger partial charge in [-0.05, 0) is 61.4 Å². The fourth-order valence-corrected chi connectivity index (χ4v) is 2.46. The molecule has 4 heteroatoms. The van der Waals surface area contributed by atoms with E-state index in [9.17, 15) is 4.79 Å². The van der Waals surface area contributed by atoms with Gasteiger partial charge in [-0.25, -0.2) is 0 Å². The highest BCUT2D eigenvalue weighted by Crippen LogP contribution is 2.22. The average Bonchev–Trinajstić information content (AvgIpc) is 2.36. The van der Waals surface area contributed by atoms with Crippen molar-refractivity contribution in [2.75, 3.05) is 27.2 Å². The number of hydrogen-bond acceptors (Lipinski definition) is 3. The zero-order valence-corrected chi connectivity index (χ0v) is 16.3. The number of rotatable bonds is 10. The zero-order valence-electron chi connectivity index (χ0n) is 16.3. The van der Waals surface area contributed by atoms with E-state index in [1.165, 1.54) is 0 Å². The molecule has 0 bridgehead atoms. The van der Waals surface area contributed by atoms with Crippen LogP contribution in [0, 0.1) is 0 Å². The van der Waals surface area contributed by atoms with Gasteiger partial charge in [-0.15, -0.1) is 0 Å². The van der Waals surface area contributed by atoms with Crippen molar-refractivity contribution in [1.82, 2.24) is 9.80 Å². The molecule has 0 saturated carbocycles. The van der Waals surface area contributed by atoms with E-state index < -0.39 is 5.60 Å². The first-order valence-corrected chi connectivity index (χ1v) is 8.54. The molecule has 1 amide bonds. The second-order valence-electron chi connectivity index (χ2n) is 7.87. The Morgan fingerprint density at radius 1 is 1.14 bits per heavy atom. The fourth-order valence-electron chi connectivity index (χ4n) is 2.46. The molecule has 0 fully saturated rings. The average molecular weight is 315 g/mol. The third kappa shape index (κ3) is 7.59. The molecule has 0 aliphatic heterocycles. The van der Waals surface area contributed by atoms with E-state index in [0.717, 1.165) is 19.4 Å². The van der Waals surface area contributed by atoms with Crippen LogP contribution in [-0.4, -0.2) is 60.1 Å². The van der Waals surface area contributed by atoms with Crippen LogP contribution in [0.25, 0.3) is 0 Å². The summed E-state index contributed by atoms with van der Waals surface area (Å²) in [5.41, 5.74) is -0.321. The predicted octanol–water partition coefficient (Wildman–Crippen LogP) is 3.55. The van der Waals surface area contributed by atoms with Gasteiger partial charge in [0.05, 0.1) is 12.0 Å². The molecule has 22 heavy (non-hydrogen) atoms. The number of hydrogen-bond donors (Lipinski definition) is 0. The standard InChI is InChI=1S/C18H38N2O2/c1-10-12-19(8)16(21)14-18(6,7)22-13-11-17(4,5)20(9)15(2)3/h15H,10-14H2,1-9H3. The summed E-state index contributed by atoms with van der Waals surface area (Å²) in [4.78, 5) is 16.3. The topological polar surface area (TPSA) is 32.8 Å². The highest BCUT2D eigenvalue weighted by Gasteiger charge is 2.28. The maximum atomic E-state index is 12.1. The molecule has 0 radical (unpaired) electrons. The summed E-state index contributed by atoms with van der Waals surface area (Å²) in [7, 11) is 4.02. The molecule has 0 spiro atoms. The minimum absolute atomic E-state index is 0.0905. The van der Waals surface area contributed by atoms with Gasteiger partial charge >= 0.3 is 0 Å². The quantitative estimate of drug-likeness (QED) is 0.618. The summed E-state index contributed by atoms with van der Waals surface area (Å²) in [6.07, 6.45) is 2.37. The van der Waals surface area contributed by atoms with E-state index >= 15 is 0 Å². The number of ether oxygens (including phenoxy) is 1. The Hall–Kier alpha value is -0.610. The lowest BCUT2D eigenvalue weighted by atomic mass is 9.97. The van der Waals surface area contributed by atoms with Crippen LogP contribution in [0.4, 0.5) is 0 Å². The van der Waals surface area contributed by atoms with Crippen LogP contribution in [0.1, 0.15) is 67.7 Å². The number of carbonyl (C=O) groups is 1.